The maximum atomic E-state index is 9.08. The van der Waals surface area contributed by atoms with Crippen molar-refractivity contribution >= 4 is 0 Å². The molecule has 0 amide bonds. The molecular formula is C12H20N2. The normalized spacial score (nSPS) is 26.5. The lowest BCUT2D eigenvalue weighted by Gasteiger charge is -2.37. The minimum Gasteiger partial charge on any atom is -0.312 e. The molecule has 2 aliphatic rings. The highest BCUT2D eigenvalue weighted by molar-refractivity contribution is 5.06. The summed E-state index contributed by atoms with van der Waals surface area (Å²) in [6, 6.07) is 3.20. The van der Waals surface area contributed by atoms with Crippen LogP contribution in [-0.4, -0.2) is 12.6 Å². The van der Waals surface area contributed by atoms with Crippen molar-refractivity contribution in [3.05, 3.63) is 0 Å². The Morgan fingerprint density at radius 3 is 2.36 bits per heavy atom. The number of rotatable bonds is 3. The van der Waals surface area contributed by atoms with Gasteiger partial charge in [0.05, 0.1) is 11.5 Å². The van der Waals surface area contributed by atoms with E-state index in [-0.39, 0.29) is 5.41 Å². The van der Waals surface area contributed by atoms with Gasteiger partial charge < -0.3 is 5.32 Å². The first-order valence-corrected chi connectivity index (χ1v) is 5.99. The van der Waals surface area contributed by atoms with Gasteiger partial charge in [0.25, 0.3) is 0 Å². The third-order valence-electron chi connectivity index (χ3n) is 3.88. The summed E-state index contributed by atoms with van der Waals surface area (Å²) in [6.45, 7) is 0.939. The van der Waals surface area contributed by atoms with Crippen LogP contribution in [0, 0.1) is 16.7 Å². The van der Waals surface area contributed by atoms with Crippen molar-refractivity contribution in [2.24, 2.45) is 5.41 Å². The number of nitrogens with one attached hydrogen (secondary N) is 1. The molecule has 0 aliphatic heterocycles. The summed E-state index contributed by atoms with van der Waals surface area (Å²) < 4.78 is 0. The first-order chi connectivity index (χ1) is 6.85. The van der Waals surface area contributed by atoms with Crippen LogP contribution in [-0.2, 0) is 0 Å². The SMILES string of the molecule is N#CC1(CNC2CCCCC2)CCC1. The molecule has 0 unspecified atom stereocenters. The minimum atomic E-state index is 0.0114. The van der Waals surface area contributed by atoms with E-state index in [1.54, 1.807) is 0 Å². The second kappa shape index (κ2) is 4.31. The quantitative estimate of drug-likeness (QED) is 0.746. The fourth-order valence-corrected chi connectivity index (χ4v) is 2.58. The highest BCUT2D eigenvalue weighted by Crippen LogP contribution is 2.39. The highest BCUT2D eigenvalue weighted by atomic mass is 14.9. The fraction of sp³-hybridized carbons (Fsp3) is 0.917. The van der Waals surface area contributed by atoms with Crippen LogP contribution in [0.4, 0.5) is 0 Å². The van der Waals surface area contributed by atoms with Crippen LogP contribution in [0.1, 0.15) is 51.4 Å². The third-order valence-corrected chi connectivity index (χ3v) is 3.88. The maximum absolute atomic E-state index is 9.08. The van der Waals surface area contributed by atoms with Crippen LogP contribution in [0.15, 0.2) is 0 Å². The van der Waals surface area contributed by atoms with Crippen LogP contribution < -0.4 is 5.32 Å². The predicted octanol–water partition coefficient (Wildman–Crippen LogP) is 2.60. The van der Waals surface area contributed by atoms with Gasteiger partial charge in [-0.25, -0.2) is 0 Å². The van der Waals surface area contributed by atoms with E-state index in [2.05, 4.69) is 11.4 Å². The van der Waals surface area contributed by atoms with E-state index in [1.807, 2.05) is 0 Å². The van der Waals surface area contributed by atoms with E-state index < -0.39 is 0 Å². The molecule has 2 aliphatic carbocycles. The van der Waals surface area contributed by atoms with Gasteiger partial charge in [-0.1, -0.05) is 25.7 Å². The second-order valence-corrected chi connectivity index (χ2v) is 4.96. The van der Waals surface area contributed by atoms with Crippen LogP contribution in [0.5, 0.6) is 0 Å². The zero-order valence-corrected chi connectivity index (χ0v) is 8.89. The molecule has 0 aromatic rings. The number of hydrogen-bond acceptors (Lipinski definition) is 2. The van der Waals surface area contributed by atoms with E-state index in [0.29, 0.717) is 6.04 Å². The average molecular weight is 192 g/mol. The summed E-state index contributed by atoms with van der Waals surface area (Å²) >= 11 is 0. The summed E-state index contributed by atoms with van der Waals surface area (Å²) in [5.74, 6) is 0. The van der Waals surface area contributed by atoms with Gasteiger partial charge in [-0.2, -0.15) is 5.26 Å². The molecule has 78 valence electrons. The van der Waals surface area contributed by atoms with Crippen molar-refractivity contribution in [3.63, 3.8) is 0 Å². The Morgan fingerprint density at radius 2 is 1.86 bits per heavy atom. The monoisotopic (exact) mass is 192 g/mol. The molecule has 0 spiro atoms. The molecule has 0 saturated heterocycles. The van der Waals surface area contributed by atoms with Gasteiger partial charge in [0, 0.05) is 12.6 Å². The molecule has 2 saturated carbocycles. The summed E-state index contributed by atoms with van der Waals surface area (Å²) in [6.07, 6.45) is 10.3. The molecule has 2 heteroatoms. The summed E-state index contributed by atoms with van der Waals surface area (Å²) in [5, 5.41) is 12.7. The molecular weight excluding hydrogens is 172 g/mol. The van der Waals surface area contributed by atoms with Crippen LogP contribution in [0.3, 0.4) is 0 Å². The van der Waals surface area contributed by atoms with Crippen molar-refractivity contribution in [1.82, 2.24) is 5.32 Å². The van der Waals surface area contributed by atoms with Gasteiger partial charge in [-0.15, -0.1) is 0 Å². The lowest BCUT2D eigenvalue weighted by Crippen LogP contribution is -2.43. The van der Waals surface area contributed by atoms with Crippen molar-refractivity contribution in [2.45, 2.75) is 57.4 Å². The van der Waals surface area contributed by atoms with Gasteiger partial charge in [-0.3, -0.25) is 0 Å². The number of nitriles is 1. The largest absolute Gasteiger partial charge is 0.312 e. The molecule has 0 aromatic heterocycles. The van der Waals surface area contributed by atoms with Crippen LogP contribution in [0.2, 0.25) is 0 Å². The molecule has 2 nitrogen and oxygen atoms in total. The lowest BCUT2D eigenvalue weighted by atomic mass is 9.70. The molecule has 0 bridgehead atoms. The summed E-state index contributed by atoms with van der Waals surface area (Å²) in [7, 11) is 0. The Bertz CT molecular complexity index is 219. The van der Waals surface area contributed by atoms with Crippen molar-refractivity contribution in [3.8, 4) is 6.07 Å². The molecule has 0 atom stereocenters. The second-order valence-electron chi connectivity index (χ2n) is 4.96. The maximum Gasteiger partial charge on any atom is 0.0703 e. The molecule has 14 heavy (non-hydrogen) atoms. The first kappa shape index (κ1) is 9.98. The molecule has 0 aromatic carbocycles. The summed E-state index contributed by atoms with van der Waals surface area (Å²) in [5.41, 5.74) is 0.0114. The van der Waals surface area contributed by atoms with Crippen molar-refractivity contribution in [2.75, 3.05) is 6.54 Å². The summed E-state index contributed by atoms with van der Waals surface area (Å²) in [4.78, 5) is 0. The van der Waals surface area contributed by atoms with Gasteiger partial charge >= 0.3 is 0 Å². The highest BCUT2D eigenvalue weighted by Gasteiger charge is 2.37. The average Bonchev–Trinajstić information content (AvgIpc) is 2.19. The van der Waals surface area contributed by atoms with Crippen LogP contribution >= 0.6 is 0 Å². The van der Waals surface area contributed by atoms with Gasteiger partial charge in [0.2, 0.25) is 0 Å². The predicted molar refractivity (Wildman–Crippen MR) is 56.8 cm³/mol. The lowest BCUT2D eigenvalue weighted by molar-refractivity contribution is 0.192. The number of nitrogens with zero attached hydrogens (tertiary/aromatic N) is 1. The van der Waals surface area contributed by atoms with Gasteiger partial charge in [0.1, 0.15) is 0 Å². The van der Waals surface area contributed by atoms with Crippen molar-refractivity contribution < 1.29 is 0 Å². The molecule has 0 radical (unpaired) electrons. The number of hydrogen-bond donors (Lipinski definition) is 1. The zero-order valence-electron chi connectivity index (χ0n) is 8.89. The topological polar surface area (TPSA) is 35.8 Å². The third kappa shape index (κ3) is 2.09. The van der Waals surface area contributed by atoms with Crippen LogP contribution in [0.25, 0.3) is 0 Å². The Balaban J connectivity index is 1.73. The smallest absolute Gasteiger partial charge is 0.0703 e. The Hall–Kier alpha value is -0.550. The Kier molecular flexibility index (Phi) is 3.08. The van der Waals surface area contributed by atoms with Crippen molar-refractivity contribution in [1.29, 1.82) is 5.26 Å². The zero-order chi connectivity index (χ0) is 9.86. The van der Waals surface area contributed by atoms with E-state index in [0.717, 1.165) is 19.4 Å². The van der Waals surface area contributed by atoms with Gasteiger partial charge in [0.15, 0.2) is 0 Å². The van der Waals surface area contributed by atoms with E-state index >= 15 is 0 Å². The Morgan fingerprint density at radius 1 is 1.14 bits per heavy atom. The van der Waals surface area contributed by atoms with E-state index in [4.69, 9.17) is 5.26 Å². The molecule has 2 fully saturated rings. The Labute approximate surface area is 86.7 Å². The first-order valence-electron chi connectivity index (χ1n) is 5.99. The molecule has 1 N–H and O–H groups in total. The standard InChI is InChI=1S/C12H20N2/c13-9-12(7-4-8-12)10-14-11-5-2-1-3-6-11/h11,14H,1-8,10H2. The van der Waals surface area contributed by atoms with E-state index in [1.165, 1.54) is 38.5 Å². The van der Waals surface area contributed by atoms with Gasteiger partial charge in [-0.05, 0) is 25.7 Å². The fourth-order valence-electron chi connectivity index (χ4n) is 2.58. The van der Waals surface area contributed by atoms with E-state index in [9.17, 15) is 0 Å². The molecule has 2 rings (SSSR count). The molecule has 0 heterocycles. The minimum absolute atomic E-state index is 0.0114.